The molecular formula is C21H27NO5. The van der Waals surface area contributed by atoms with Gasteiger partial charge in [-0.1, -0.05) is 0 Å². The van der Waals surface area contributed by atoms with E-state index in [1.807, 2.05) is 30.9 Å². The van der Waals surface area contributed by atoms with Crippen LogP contribution >= 0.6 is 0 Å². The van der Waals surface area contributed by atoms with Crippen LogP contribution in [-0.2, 0) is 9.53 Å². The predicted octanol–water partition coefficient (Wildman–Crippen LogP) is 3.12. The SMILES string of the molecule is COC1CCN(C(=O)C(C)Oc2cc(C)cc3oc(=O)c(C)c(C)c23)CC1. The van der Waals surface area contributed by atoms with Crippen molar-refractivity contribution in [3.63, 3.8) is 0 Å². The van der Waals surface area contributed by atoms with Gasteiger partial charge in [0.15, 0.2) is 6.10 Å². The van der Waals surface area contributed by atoms with Gasteiger partial charge in [-0.15, -0.1) is 0 Å². The molecule has 1 fully saturated rings. The van der Waals surface area contributed by atoms with E-state index < -0.39 is 6.10 Å². The second-order valence-corrected chi connectivity index (χ2v) is 7.30. The van der Waals surface area contributed by atoms with Crippen LogP contribution < -0.4 is 10.4 Å². The van der Waals surface area contributed by atoms with Crippen molar-refractivity contribution in [2.75, 3.05) is 20.2 Å². The van der Waals surface area contributed by atoms with Crippen molar-refractivity contribution in [2.24, 2.45) is 0 Å². The Kier molecular flexibility index (Phi) is 5.56. The Hall–Kier alpha value is -2.34. The highest BCUT2D eigenvalue weighted by molar-refractivity contribution is 5.89. The summed E-state index contributed by atoms with van der Waals surface area (Å²) in [5.41, 5.74) is 2.42. The minimum atomic E-state index is -0.624. The van der Waals surface area contributed by atoms with Gasteiger partial charge in [-0.25, -0.2) is 4.79 Å². The second kappa shape index (κ2) is 7.72. The number of ether oxygens (including phenoxy) is 2. The standard InChI is InChI=1S/C21H27NO5/c1-12-10-17(19-13(2)14(3)21(24)27-18(19)11-12)26-15(4)20(23)22-8-6-16(25-5)7-9-22/h10-11,15-16H,6-9H2,1-5H3. The van der Waals surface area contributed by atoms with E-state index in [0.717, 1.165) is 29.4 Å². The van der Waals surface area contributed by atoms with E-state index in [9.17, 15) is 9.59 Å². The van der Waals surface area contributed by atoms with Gasteiger partial charge in [-0.05, 0) is 63.8 Å². The summed E-state index contributed by atoms with van der Waals surface area (Å²) in [6, 6.07) is 3.70. The Bertz CT molecular complexity index is 909. The van der Waals surface area contributed by atoms with E-state index in [2.05, 4.69) is 0 Å². The molecule has 0 saturated carbocycles. The second-order valence-electron chi connectivity index (χ2n) is 7.30. The average molecular weight is 373 g/mol. The van der Waals surface area contributed by atoms with Crippen molar-refractivity contribution in [1.29, 1.82) is 0 Å². The van der Waals surface area contributed by atoms with Gasteiger partial charge in [0.1, 0.15) is 11.3 Å². The lowest BCUT2D eigenvalue weighted by atomic mass is 10.0. The van der Waals surface area contributed by atoms with Crippen LogP contribution in [0.4, 0.5) is 0 Å². The molecule has 1 unspecified atom stereocenters. The maximum Gasteiger partial charge on any atom is 0.339 e. The number of piperidine rings is 1. The van der Waals surface area contributed by atoms with Gasteiger partial charge >= 0.3 is 5.63 Å². The molecule has 0 N–H and O–H groups in total. The number of carbonyl (C=O) groups excluding carboxylic acids is 1. The minimum absolute atomic E-state index is 0.0361. The third kappa shape index (κ3) is 3.86. The zero-order valence-electron chi connectivity index (χ0n) is 16.6. The molecule has 6 heteroatoms. The van der Waals surface area contributed by atoms with Crippen molar-refractivity contribution in [3.05, 3.63) is 39.2 Å². The number of amides is 1. The van der Waals surface area contributed by atoms with E-state index in [-0.39, 0.29) is 17.6 Å². The molecule has 2 aromatic rings. The molecule has 1 aliphatic heterocycles. The van der Waals surface area contributed by atoms with Gasteiger partial charge in [0.05, 0.1) is 11.5 Å². The lowest BCUT2D eigenvalue weighted by Gasteiger charge is -2.33. The molecule has 0 aliphatic carbocycles. The Labute approximate surface area is 159 Å². The summed E-state index contributed by atoms with van der Waals surface area (Å²) >= 11 is 0. The van der Waals surface area contributed by atoms with E-state index in [4.69, 9.17) is 13.9 Å². The minimum Gasteiger partial charge on any atom is -0.480 e. The summed E-state index contributed by atoms with van der Waals surface area (Å²) < 4.78 is 16.9. The summed E-state index contributed by atoms with van der Waals surface area (Å²) in [6.45, 7) is 8.63. The Morgan fingerprint density at radius 3 is 2.48 bits per heavy atom. The zero-order valence-corrected chi connectivity index (χ0v) is 16.6. The molecule has 0 radical (unpaired) electrons. The smallest absolute Gasteiger partial charge is 0.339 e. The molecule has 1 aromatic carbocycles. The molecule has 3 rings (SSSR count). The van der Waals surface area contributed by atoms with Crippen molar-refractivity contribution in [3.8, 4) is 5.75 Å². The summed E-state index contributed by atoms with van der Waals surface area (Å²) in [4.78, 5) is 26.6. The van der Waals surface area contributed by atoms with E-state index in [1.165, 1.54) is 0 Å². The maximum absolute atomic E-state index is 12.8. The molecule has 6 nitrogen and oxygen atoms in total. The molecule has 1 aromatic heterocycles. The zero-order chi connectivity index (χ0) is 19.7. The summed E-state index contributed by atoms with van der Waals surface area (Å²) in [5.74, 6) is 0.535. The number of methoxy groups -OCH3 is 1. The molecule has 1 atom stereocenters. The highest BCUT2D eigenvalue weighted by Gasteiger charge is 2.27. The van der Waals surface area contributed by atoms with Crippen molar-refractivity contribution >= 4 is 16.9 Å². The highest BCUT2D eigenvalue weighted by Crippen LogP contribution is 2.31. The van der Waals surface area contributed by atoms with Crippen LogP contribution in [0.5, 0.6) is 5.75 Å². The Balaban J connectivity index is 1.86. The lowest BCUT2D eigenvalue weighted by Crippen LogP contribution is -2.46. The molecule has 27 heavy (non-hydrogen) atoms. The number of benzene rings is 1. The van der Waals surface area contributed by atoms with Gasteiger partial charge in [0, 0.05) is 25.8 Å². The number of nitrogens with zero attached hydrogens (tertiary/aromatic N) is 1. The van der Waals surface area contributed by atoms with Crippen LogP contribution in [0.15, 0.2) is 21.3 Å². The largest absolute Gasteiger partial charge is 0.480 e. The van der Waals surface area contributed by atoms with Gasteiger partial charge in [0.25, 0.3) is 5.91 Å². The molecular weight excluding hydrogens is 346 g/mol. The van der Waals surface area contributed by atoms with Gasteiger partial charge in [-0.3, -0.25) is 4.79 Å². The first kappa shape index (κ1) is 19.4. The fourth-order valence-electron chi connectivity index (χ4n) is 3.59. The molecule has 146 valence electrons. The average Bonchev–Trinajstić information content (AvgIpc) is 2.65. The summed E-state index contributed by atoms with van der Waals surface area (Å²) in [5, 5.41) is 0.746. The molecule has 1 aliphatic rings. The van der Waals surface area contributed by atoms with E-state index >= 15 is 0 Å². The number of hydrogen-bond donors (Lipinski definition) is 0. The number of rotatable bonds is 4. The van der Waals surface area contributed by atoms with Crippen LogP contribution in [-0.4, -0.2) is 43.2 Å². The molecule has 1 saturated heterocycles. The number of carbonyl (C=O) groups is 1. The van der Waals surface area contributed by atoms with Crippen LogP contribution in [0.2, 0.25) is 0 Å². The third-order valence-electron chi connectivity index (χ3n) is 5.40. The number of aryl methyl sites for hydroxylation is 2. The molecule has 0 spiro atoms. The lowest BCUT2D eigenvalue weighted by molar-refractivity contribution is -0.140. The first-order chi connectivity index (χ1) is 12.8. The maximum atomic E-state index is 12.8. The first-order valence-electron chi connectivity index (χ1n) is 9.34. The third-order valence-corrected chi connectivity index (χ3v) is 5.40. The molecule has 0 bridgehead atoms. The topological polar surface area (TPSA) is 69.0 Å². The molecule has 1 amide bonds. The van der Waals surface area contributed by atoms with Crippen LogP contribution in [0.25, 0.3) is 11.0 Å². The number of hydrogen-bond acceptors (Lipinski definition) is 5. The fraction of sp³-hybridized carbons (Fsp3) is 0.524. The first-order valence-corrected chi connectivity index (χ1v) is 9.34. The monoisotopic (exact) mass is 373 g/mol. The Morgan fingerprint density at radius 1 is 1.19 bits per heavy atom. The van der Waals surface area contributed by atoms with Crippen LogP contribution in [0.3, 0.4) is 0 Å². The summed E-state index contributed by atoms with van der Waals surface area (Å²) in [6.07, 6.45) is 1.28. The Morgan fingerprint density at radius 2 is 1.85 bits per heavy atom. The number of likely N-dealkylation sites (tertiary alicyclic amines) is 1. The van der Waals surface area contributed by atoms with Crippen LogP contribution in [0.1, 0.15) is 36.5 Å². The number of fused-ring (bicyclic) bond motifs is 1. The van der Waals surface area contributed by atoms with Crippen molar-refractivity contribution < 1.29 is 18.7 Å². The van der Waals surface area contributed by atoms with Gasteiger partial charge in [-0.2, -0.15) is 0 Å². The van der Waals surface area contributed by atoms with Gasteiger partial charge in [0.2, 0.25) is 0 Å². The van der Waals surface area contributed by atoms with E-state index in [1.54, 1.807) is 21.0 Å². The normalized spacial score (nSPS) is 16.6. The van der Waals surface area contributed by atoms with Crippen molar-refractivity contribution in [2.45, 2.75) is 52.7 Å². The predicted molar refractivity (Wildman–Crippen MR) is 103 cm³/mol. The molecule has 2 heterocycles. The summed E-state index contributed by atoms with van der Waals surface area (Å²) in [7, 11) is 1.71. The quantitative estimate of drug-likeness (QED) is 0.770. The van der Waals surface area contributed by atoms with E-state index in [0.29, 0.717) is 30.0 Å². The van der Waals surface area contributed by atoms with Crippen LogP contribution in [0, 0.1) is 20.8 Å². The highest BCUT2D eigenvalue weighted by atomic mass is 16.5. The van der Waals surface area contributed by atoms with Crippen molar-refractivity contribution in [1.82, 2.24) is 4.90 Å². The van der Waals surface area contributed by atoms with Gasteiger partial charge < -0.3 is 18.8 Å². The fourth-order valence-corrected chi connectivity index (χ4v) is 3.59.